The summed E-state index contributed by atoms with van der Waals surface area (Å²) in [5, 5.41) is 15.6. The van der Waals surface area contributed by atoms with Crippen LogP contribution < -0.4 is 10.6 Å². The van der Waals surface area contributed by atoms with Crippen molar-refractivity contribution in [1.82, 2.24) is 5.32 Å². The highest BCUT2D eigenvalue weighted by Crippen LogP contribution is 2.22. The van der Waals surface area contributed by atoms with Gasteiger partial charge in [-0.05, 0) is 30.3 Å². The van der Waals surface area contributed by atoms with Crippen molar-refractivity contribution >= 4 is 50.7 Å². The molecule has 0 aliphatic heterocycles. The molecule has 0 atom stereocenters. The van der Waals surface area contributed by atoms with Crippen LogP contribution in [0.2, 0.25) is 5.02 Å². The number of halogens is 2. The molecule has 2 rings (SSSR count). The second-order valence-electron chi connectivity index (χ2n) is 4.66. The summed E-state index contributed by atoms with van der Waals surface area (Å²) in [4.78, 5) is 33.8. The Balaban J connectivity index is 1.94. The number of nitrogens with zero attached hydrogens (tertiary/aromatic N) is 1. The zero-order chi connectivity index (χ0) is 17.7. The van der Waals surface area contributed by atoms with Crippen molar-refractivity contribution in [2.24, 2.45) is 0 Å². The largest absolute Gasteiger partial charge is 0.343 e. The van der Waals surface area contributed by atoms with Crippen molar-refractivity contribution < 1.29 is 14.5 Å². The Kier molecular flexibility index (Phi) is 5.88. The fourth-order valence-electron chi connectivity index (χ4n) is 1.80. The molecule has 0 bridgehead atoms. The lowest BCUT2D eigenvalue weighted by atomic mass is 10.2. The fraction of sp³-hybridized carbons (Fsp3) is 0.0667. The summed E-state index contributed by atoms with van der Waals surface area (Å²) in [6.07, 6.45) is 0. The zero-order valence-electron chi connectivity index (χ0n) is 12.1. The third-order valence-electron chi connectivity index (χ3n) is 2.95. The van der Waals surface area contributed by atoms with Crippen molar-refractivity contribution in [2.45, 2.75) is 0 Å². The molecule has 0 saturated carbocycles. The third-order valence-corrected chi connectivity index (χ3v) is 3.79. The molecule has 0 aliphatic rings. The van der Waals surface area contributed by atoms with Gasteiger partial charge in [0, 0.05) is 22.3 Å². The molecular weight excluding hydrogens is 402 g/mol. The van der Waals surface area contributed by atoms with Gasteiger partial charge in [0.25, 0.3) is 11.6 Å². The number of anilines is 1. The first kappa shape index (κ1) is 17.9. The lowest BCUT2D eigenvalue weighted by Gasteiger charge is -2.08. The van der Waals surface area contributed by atoms with E-state index in [1.807, 2.05) is 0 Å². The predicted octanol–water partition coefficient (Wildman–Crippen LogP) is 3.38. The Hall–Kier alpha value is -2.45. The Morgan fingerprint density at radius 3 is 2.42 bits per heavy atom. The predicted molar refractivity (Wildman–Crippen MR) is 93.2 cm³/mol. The van der Waals surface area contributed by atoms with Crippen molar-refractivity contribution in [3.8, 4) is 0 Å². The standard InChI is InChI=1S/C15H11BrClN3O4/c16-9-1-3-10(4-2-9)19-14(21)8-18-15(22)12-6-5-11(20(23)24)7-13(12)17/h1-7H,8H2,(H,18,22)(H,19,21). The highest BCUT2D eigenvalue weighted by atomic mass is 79.9. The number of hydrogen-bond acceptors (Lipinski definition) is 4. The van der Waals surface area contributed by atoms with Crippen LogP contribution in [0.4, 0.5) is 11.4 Å². The van der Waals surface area contributed by atoms with E-state index in [0.717, 1.165) is 10.5 Å². The molecule has 24 heavy (non-hydrogen) atoms. The van der Waals surface area contributed by atoms with Gasteiger partial charge in [-0.15, -0.1) is 0 Å². The number of nitro benzene ring substituents is 1. The molecule has 0 radical (unpaired) electrons. The van der Waals surface area contributed by atoms with Gasteiger partial charge >= 0.3 is 0 Å². The second-order valence-corrected chi connectivity index (χ2v) is 5.98. The number of hydrogen-bond donors (Lipinski definition) is 2. The van der Waals surface area contributed by atoms with Gasteiger partial charge < -0.3 is 10.6 Å². The van der Waals surface area contributed by atoms with Crippen molar-refractivity contribution in [3.05, 3.63) is 67.6 Å². The van der Waals surface area contributed by atoms with E-state index in [1.165, 1.54) is 12.1 Å². The smallest absolute Gasteiger partial charge is 0.270 e. The van der Waals surface area contributed by atoms with Crippen LogP contribution in [0.5, 0.6) is 0 Å². The Morgan fingerprint density at radius 1 is 1.17 bits per heavy atom. The number of nitrogens with one attached hydrogen (secondary N) is 2. The van der Waals surface area contributed by atoms with Crippen LogP contribution in [0.15, 0.2) is 46.9 Å². The average Bonchev–Trinajstić information content (AvgIpc) is 2.54. The molecule has 0 spiro atoms. The number of benzene rings is 2. The molecule has 0 aliphatic carbocycles. The number of amides is 2. The zero-order valence-corrected chi connectivity index (χ0v) is 14.4. The molecule has 2 aromatic carbocycles. The van der Waals surface area contributed by atoms with Crippen LogP contribution in [-0.4, -0.2) is 23.3 Å². The molecular formula is C15H11BrClN3O4. The van der Waals surface area contributed by atoms with E-state index < -0.39 is 16.7 Å². The van der Waals surface area contributed by atoms with Gasteiger partial charge in [-0.3, -0.25) is 19.7 Å². The molecule has 0 heterocycles. The summed E-state index contributed by atoms with van der Waals surface area (Å²) in [5.74, 6) is -1.01. The Labute approximate surface area is 150 Å². The molecule has 2 amide bonds. The van der Waals surface area contributed by atoms with Gasteiger partial charge in [-0.1, -0.05) is 27.5 Å². The van der Waals surface area contributed by atoms with Crippen LogP contribution in [0.25, 0.3) is 0 Å². The molecule has 9 heteroatoms. The third kappa shape index (κ3) is 4.77. The number of carbonyl (C=O) groups is 2. The molecule has 0 fully saturated rings. The van der Waals surface area contributed by atoms with Gasteiger partial charge in [-0.2, -0.15) is 0 Å². The molecule has 0 aromatic heterocycles. The number of nitro groups is 1. The number of rotatable bonds is 5. The SMILES string of the molecule is O=C(CNC(=O)c1ccc([N+](=O)[O-])cc1Cl)Nc1ccc(Br)cc1. The minimum atomic E-state index is -0.612. The summed E-state index contributed by atoms with van der Waals surface area (Å²) in [5.41, 5.74) is 0.425. The summed E-state index contributed by atoms with van der Waals surface area (Å²) in [6, 6.07) is 10.4. The van der Waals surface area contributed by atoms with Gasteiger partial charge in [0.05, 0.1) is 22.1 Å². The maximum atomic E-state index is 12.0. The molecule has 7 nitrogen and oxygen atoms in total. The van der Waals surface area contributed by atoms with E-state index in [9.17, 15) is 19.7 Å². The van der Waals surface area contributed by atoms with E-state index >= 15 is 0 Å². The molecule has 2 N–H and O–H groups in total. The Morgan fingerprint density at radius 2 is 1.83 bits per heavy atom. The summed E-state index contributed by atoms with van der Waals surface area (Å²) in [7, 11) is 0. The molecule has 0 saturated heterocycles. The highest BCUT2D eigenvalue weighted by molar-refractivity contribution is 9.10. The van der Waals surface area contributed by atoms with Gasteiger partial charge in [-0.25, -0.2) is 0 Å². The minimum absolute atomic E-state index is 0.0544. The lowest BCUT2D eigenvalue weighted by Crippen LogP contribution is -2.33. The first-order chi connectivity index (χ1) is 11.4. The first-order valence-electron chi connectivity index (χ1n) is 6.64. The van der Waals surface area contributed by atoms with E-state index in [4.69, 9.17) is 11.6 Å². The van der Waals surface area contributed by atoms with Crippen molar-refractivity contribution in [2.75, 3.05) is 11.9 Å². The van der Waals surface area contributed by atoms with Gasteiger partial charge in [0.2, 0.25) is 5.91 Å². The first-order valence-corrected chi connectivity index (χ1v) is 7.81. The average molecular weight is 413 g/mol. The Bertz CT molecular complexity index is 796. The maximum absolute atomic E-state index is 12.0. The monoisotopic (exact) mass is 411 g/mol. The molecule has 2 aromatic rings. The van der Waals surface area contributed by atoms with Crippen LogP contribution in [0.1, 0.15) is 10.4 Å². The summed E-state index contributed by atoms with van der Waals surface area (Å²) < 4.78 is 0.876. The second kappa shape index (κ2) is 7.89. The van der Waals surface area contributed by atoms with Gasteiger partial charge in [0.1, 0.15) is 0 Å². The van der Waals surface area contributed by atoms with E-state index in [-0.39, 0.29) is 22.8 Å². The number of non-ortho nitro benzene ring substituents is 1. The molecule has 0 unspecified atom stereocenters. The van der Waals surface area contributed by atoms with E-state index in [2.05, 4.69) is 26.6 Å². The quantitative estimate of drug-likeness (QED) is 0.580. The van der Waals surface area contributed by atoms with Crippen LogP contribution in [0.3, 0.4) is 0 Å². The minimum Gasteiger partial charge on any atom is -0.343 e. The lowest BCUT2D eigenvalue weighted by molar-refractivity contribution is -0.384. The van der Waals surface area contributed by atoms with E-state index in [1.54, 1.807) is 24.3 Å². The van der Waals surface area contributed by atoms with Crippen molar-refractivity contribution in [3.63, 3.8) is 0 Å². The fourth-order valence-corrected chi connectivity index (χ4v) is 2.32. The normalized spacial score (nSPS) is 10.1. The van der Waals surface area contributed by atoms with Crippen LogP contribution in [-0.2, 0) is 4.79 Å². The van der Waals surface area contributed by atoms with Crippen LogP contribution in [0, 0.1) is 10.1 Å². The maximum Gasteiger partial charge on any atom is 0.270 e. The van der Waals surface area contributed by atoms with E-state index in [0.29, 0.717) is 5.69 Å². The highest BCUT2D eigenvalue weighted by Gasteiger charge is 2.15. The summed E-state index contributed by atoms with van der Waals surface area (Å²) >= 11 is 9.14. The summed E-state index contributed by atoms with van der Waals surface area (Å²) in [6.45, 7) is -0.262. The van der Waals surface area contributed by atoms with Crippen molar-refractivity contribution in [1.29, 1.82) is 0 Å². The van der Waals surface area contributed by atoms with Gasteiger partial charge in [0.15, 0.2) is 0 Å². The molecule has 124 valence electrons. The number of carbonyl (C=O) groups excluding carboxylic acids is 2. The topological polar surface area (TPSA) is 101 Å². The van der Waals surface area contributed by atoms with Crippen LogP contribution >= 0.6 is 27.5 Å².